The second-order valence-corrected chi connectivity index (χ2v) is 8.81. The van der Waals surface area contributed by atoms with E-state index in [-0.39, 0.29) is 18.0 Å². The van der Waals surface area contributed by atoms with E-state index >= 15 is 0 Å². The zero-order chi connectivity index (χ0) is 22.5. The van der Waals surface area contributed by atoms with Crippen LogP contribution in [0.2, 0.25) is 0 Å². The van der Waals surface area contributed by atoms with Crippen molar-refractivity contribution in [2.75, 3.05) is 7.11 Å². The maximum absolute atomic E-state index is 12.8. The van der Waals surface area contributed by atoms with Crippen LogP contribution in [0, 0.1) is 6.92 Å². The van der Waals surface area contributed by atoms with Crippen molar-refractivity contribution in [1.29, 1.82) is 0 Å². The molecule has 2 heterocycles. The van der Waals surface area contributed by atoms with Crippen LogP contribution in [0.25, 0.3) is 11.4 Å². The van der Waals surface area contributed by atoms with Crippen LogP contribution in [-0.2, 0) is 6.61 Å². The van der Waals surface area contributed by atoms with Crippen molar-refractivity contribution in [3.05, 3.63) is 52.0 Å². The fraction of sp³-hybridized carbons (Fsp3) is 0.417. The Kier molecular flexibility index (Phi) is 7.38. The molecule has 0 saturated heterocycles. The average Bonchev–Trinajstić information content (AvgIpc) is 3.36. The number of ether oxygens (including phenoxy) is 2. The van der Waals surface area contributed by atoms with Crippen LogP contribution in [0.15, 0.2) is 35.7 Å². The van der Waals surface area contributed by atoms with Gasteiger partial charge < -0.3 is 19.4 Å². The van der Waals surface area contributed by atoms with E-state index in [1.54, 1.807) is 18.4 Å². The van der Waals surface area contributed by atoms with Crippen LogP contribution in [-0.4, -0.2) is 28.6 Å². The largest absolute Gasteiger partial charge is 0.497 e. The van der Waals surface area contributed by atoms with Gasteiger partial charge in [-0.05, 0) is 64.4 Å². The molecule has 1 atom stereocenters. The second-order valence-electron chi connectivity index (χ2n) is 7.87. The van der Waals surface area contributed by atoms with Gasteiger partial charge in [-0.1, -0.05) is 6.92 Å². The number of thiazole rings is 1. The summed E-state index contributed by atoms with van der Waals surface area (Å²) in [5, 5.41) is 5.98. The van der Waals surface area contributed by atoms with Gasteiger partial charge in [-0.15, -0.1) is 11.3 Å². The Balaban J connectivity index is 1.81. The van der Waals surface area contributed by atoms with E-state index in [4.69, 9.17) is 14.5 Å². The SMILES string of the molecule is CCC(C)NC(=O)c1cc(-c2csc(COc3ccc(OC)cc3)n2)n(C(C)C)c1C. The van der Waals surface area contributed by atoms with Crippen LogP contribution in [0.1, 0.15) is 61.2 Å². The first kappa shape index (κ1) is 22.9. The third-order valence-corrected chi connectivity index (χ3v) is 6.10. The number of nitrogens with zero attached hydrogens (tertiary/aromatic N) is 2. The topological polar surface area (TPSA) is 65.4 Å². The molecular formula is C24H31N3O3S. The summed E-state index contributed by atoms with van der Waals surface area (Å²) in [4.78, 5) is 17.6. The number of amides is 1. The van der Waals surface area contributed by atoms with Gasteiger partial charge in [-0.2, -0.15) is 0 Å². The molecule has 7 heteroatoms. The molecule has 1 aromatic carbocycles. The van der Waals surface area contributed by atoms with Crippen molar-refractivity contribution in [1.82, 2.24) is 14.9 Å². The molecular weight excluding hydrogens is 410 g/mol. The molecule has 0 bridgehead atoms. The van der Waals surface area contributed by atoms with Crippen LogP contribution < -0.4 is 14.8 Å². The molecule has 0 saturated carbocycles. The van der Waals surface area contributed by atoms with Crippen LogP contribution in [0.4, 0.5) is 0 Å². The predicted octanol–water partition coefficient (Wildman–Crippen LogP) is 5.62. The highest BCUT2D eigenvalue weighted by molar-refractivity contribution is 7.09. The summed E-state index contributed by atoms with van der Waals surface area (Å²) in [6.45, 7) is 10.7. The molecule has 166 valence electrons. The molecule has 2 aromatic heterocycles. The molecule has 31 heavy (non-hydrogen) atoms. The quantitative estimate of drug-likeness (QED) is 0.468. The summed E-state index contributed by atoms with van der Waals surface area (Å²) in [7, 11) is 1.64. The summed E-state index contributed by atoms with van der Waals surface area (Å²) in [6.07, 6.45) is 0.895. The van der Waals surface area contributed by atoms with Crippen molar-refractivity contribution in [3.63, 3.8) is 0 Å². The van der Waals surface area contributed by atoms with Crippen molar-refractivity contribution < 1.29 is 14.3 Å². The van der Waals surface area contributed by atoms with Gasteiger partial charge >= 0.3 is 0 Å². The maximum Gasteiger partial charge on any atom is 0.253 e. The van der Waals surface area contributed by atoms with E-state index in [9.17, 15) is 4.79 Å². The molecule has 3 aromatic rings. The number of methoxy groups -OCH3 is 1. The standard InChI is InChI=1S/C24H31N3O3S/c1-7-16(4)25-24(28)20-12-22(27(15(2)3)17(20)5)21-14-31-23(26-21)13-30-19-10-8-18(29-6)9-11-19/h8-12,14-16H,7,13H2,1-6H3,(H,25,28). The second kappa shape index (κ2) is 10.0. The van der Waals surface area contributed by atoms with Gasteiger partial charge in [0.25, 0.3) is 5.91 Å². The van der Waals surface area contributed by atoms with Gasteiger partial charge in [0.2, 0.25) is 0 Å². The van der Waals surface area contributed by atoms with Gasteiger partial charge in [-0.25, -0.2) is 4.98 Å². The molecule has 1 unspecified atom stereocenters. The maximum atomic E-state index is 12.8. The lowest BCUT2D eigenvalue weighted by Gasteiger charge is -2.15. The molecule has 1 amide bonds. The molecule has 0 aliphatic rings. The van der Waals surface area contributed by atoms with Crippen molar-refractivity contribution >= 4 is 17.2 Å². The highest BCUT2D eigenvalue weighted by Crippen LogP contribution is 2.31. The van der Waals surface area contributed by atoms with E-state index < -0.39 is 0 Å². The molecule has 0 aliphatic carbocycles. The van der Waals surface area contributed by atoms with Gasteiger partial charge in [0.1, 0.15) is 23.1 Å². The van der Waals surface area contributed by atoms with E-state index in [0.717, 1.165) is 40.0 Å². The summed E-state index contributed by atoms with van der Waals surface area (Å²) < 4.78 is 13.2. The van der Waals surface area contributed by atoms with E-state index in [1.165, 1.54) is 0 Å². The zero-order valence-corrected chi connectivity index (χ0v) is 19.9. The lowest BCUT2D eigenvalue weighted by atomic mass is 10.2. The van der Waals surface area contributed by atoms with E-state index in [2.05, 4.69) is 30.7 Å². The molecule has 0 radical (unpaired) electrons. The van der Waals surface area contributed by atoms with Crippen molar-refractivity contribution in [2.24, 2.45) is 0 Å². The third-order valence-electron chi connectivity index (χ3n) is 5.28. The molecule has 1 N–H and O–H groups in total. The fourth-order valence-corrected chi connectivity index (χ4v) is 4.13. The Morgan fingerprint density at radius 2 is 1.87 bits per heavy atom. The van der Waals surface area contributed by atoms with Gasteiger partial charge in [0, 0.05) is 23.2 Å². The molecule has 0 aliphatic heterocycles. The Morgan fingerprint density at radius 1 is 1.19 bits per heavy atom. The first-order valence-electron chi connectivity index (χ1n) is 10.6. The summed E-state index contributed by atoms with van der Waals surface area (Å²) in [5.74, 6) is 1.52. The molecule has 0 spiro atoms. The lowest BCUT2D eigenvalue weighted by molar-refractivity contribution is 0.0938. The number of hydrogen-bond donors (Lipinski definition) is 1. The first-order valence-corrected chi connectivity index (χ1v) is 11.5. The smallest absolute Gasteiger partial charge is 0.253 e. The minimum atomic E-state index is -0.0363. The first-order chi connectivity index (χ1) is 14.8. The zero-order valence-electron chi connectivity index (χ0n) is 19.1. The van der Waals surface area contributed by atoms with Crippen molar-refractivity contribution in [2.45, 2.75) is 59.7 Å². The van der Waals surface area contributed by atoms with E-state index in [1.807, 2.05) is 49.6 Å². The molecule has 3 rings (SSSR count). The summed E-state index contributed by atoms with van der Waals surface area (Å²) in [5.41, 5.74) is 3.47. The number of carbonyl (C=O) groups excluding carboxylic acids is 1. The Morgan fingerprint density at radius 3 is 2.48 bits per heavy atom. The molecule has 6 nitrogen and oxygen atoms in total. The minimum Gasteiger partial charge on any atom is -0.497 e. The highest BCUT2D eigenvalue weighted by atomic mass is 32.1. The number of benzene rings is 1. The van der Waals surface area contributed by atoms with E-state index in [0.29, 0.717) is 12.2 Å². The predicted molar refractivity (Wildman–Crippen MR) is 125 cm³/mol. The minimum absolute atomic E-state index is 0.0363. The third kappa shape index (κ3) is 5.28. The number of nitrogens with one attached hydrogen (secondary N) is 1. The Labute approximate surface area is 188 Å². The monoisotopic (exact) mass is 441 g/mol. The van der Waals surface area contributed by atoms with Gasteiger partial charge in [-0.3, -0.25) is 4.79 Å². The highest BCUT2D eigenvalue weighted by Gasteiger charge is 2.22. The number of rotatable bonds is 9. The van der Waals surface area contributed by atoms with Crippen molar-refractivity contribution in [3.8, 4) is 22.9 Å². The Hall–Kier alpha value is -2.80. The van der Waals surface area contributed by atoms with Crippen LogP contribution >= 0.6 is 11.3 Å². The van der Waals surface area contributed by atoms with Crippen LogP contribution in [0.3, 0.4) is 0 Å². The number of aromatic nitrogens is 2. The summed E-state index contributed by atoms with van der Waals surface area (Å²) in [6, 6.07) is 9.79. The van der Waals surface area contributed by atoms with Gasteiger partial charge in [0.15, 0.2) is 0 Å². The molecule has 0 fully saturated rings. The Bertz CT molecular complexity index is 1020. The average molecular weight is 442 g/mol. The number of carbonyl (C=O) groups is 1. The fourth-order valence-electron chi connectivity index (χ4n) is 3.43. The summed E-state index contributed by atoms with van der Waals surface area (Å²) >= 11 is 1.55. The number of hydrogen-bond acceptors (Lipinski definition) is 5. The normalized spacial score (nSPS) is 12.1. The van der Waals surface area contributed by atoms with Gasteiger partial charge in [0.05, 0.1) is 24.1 Å². The lowest BCUT2D eigenvalue weighted by Crippen LogP contribution is -2.32. The van der Waals surface area contributed by atoms with Crippen LogP contribution in [0.5, 0.6) is 11.5 Å².